The minimum atomic E-state index is -0.357. The van der Waals surface area contributed by atoms with E-state index in [-0.39, 0.29) is 28.0 Å². The van der Waals surface area contributed by atoms with Crippen LogP contribution in [-0.4, -0.2) is 11.4 Å². The Bertz CT molecular complexity index is 1740. The topological polar surface area (TPSA) is 70.8 Å². The van der Waals surface area contributed by atoms with E-state index < -0.39 is 0 Å². The standard InChI is InChI=1S/C56H96N2.C9H12O2.Ni/c1-7-13-19-20-21-22-23-24-25-26-27-28-29-30-31-36-42-56(58-54-47-51(39-34-16-10-4)44-52(48-54)40-35-17-11-5)55(41-18-12-6)57-53-45-49(37-32-14-8-2)43-50(46-53)38-33-15-9-3;1-3-7-5-4-6(2)8(10)9(7)11;/h43-48H,7-42H2,1-6H3;4-5,10-11H,3H2,1-2H3;/q;;+2/p-2. The molecule has 0 radical (unpaired) electrons. The Morgan fingerprint density at radius 1 is 0.357 bits per heavy atom. The molecule has 0 saturated heterocycles. The van der Waals surface area contributed by atoms with Crippen LogP contribution in [0.1, 0.15) is 287 Å². The average molecular weight is 1010 g/mol. The van der Waals surface area contributed by atoms with Gasteiger partial charge in [-0.2, -0.15) is 0 Å². The molecule has 0 heterocycles. The summed E-state index contributed by atoms with van der Waals surface area (Å²) in [5.74, 6) is -0.697. The van der Waals surface area contributed by atoms with Crippen molar-refractivity contribution in [3.8, 4) is 11.5 Å². The van der Waals surface area contributed by atoms with E-state index >= 15 is 0 Å². The second-order valence-corrected chi connectivity index (χ2v) is 20.7. The van der Waals surface area contributed by atoms with Crippen LogP contribution in [0.2, 0.25) is 0 Å². The number of benzene rings is 3. The fourth-order valence-electron chi connectivity index (χ4n) is 9.52. The zero-order valence-corrected chi connectivity index (χ0v) is 47.8. The smallest absolute Gasteiger partial charge is 0.873 e. The van der Waals surface area contributed by atoms with Crippen molar-refractivity contribution in [1.29, 1.82) is 0 Å². The largest absolute Gasteiger partial charge is 2.00 e. The summed E-state index contributed by atoms with van der Waals surface area (Å²) in [5.41, 5.74) is 11.9. The summed E-state index contributed by atoms with van der Waals surface area (Å²) in [4.78, 5) is 11.3. The van der Waals surface area contributed by atoms with Crippen molar-refractivity contribution in [2.45, 2.75) is 293 Å². The quantitative estimate of drug-likeness (QED) is 0.0323. The van der Waals surface area contributed by atoms with Gasteiger partial charge in [-0.05, 0) is 137 Å². The van der Waals surface area contributed by atoms with Gasteiger partial charge in [-0.1, -0.05) is 238 Å². The van der Waals surface area contributed by atoms with Crippen LogP contribution in [0.25, 0.3) is 0 Å². The summed E-state index contributed by atoms with van der Waals surface area (Å²) in [6.07, 6.45) is 47.4. The van der Waals surface area contributed by atoms with Crippen LogP contribution in [0.3, 0.4) is 0 Å². The average Bonchev–Trinajstić information content (AvgIpc) is 3.34. The van der Waals surface area contributed by atoms with E-state index in [1.54, 1.807) is 19.1 Å². The Kier molecular flexibility index (Phi) is 40.6. The summed E-state index contributed by atoms with van der Waals surface area (Å²) in [6, 6.07) is 18.1. The van der Waals surface area contributed by atoms with Crippen LogP contribution in [0, 0.1) is 6.92 Å². The predicted molar refractivity (Wildman–Crippen MR) is 303 cm³/mol. The van der Waals surface area contributed by atoms with Crippen LogP contribution in [0.15, 0.2) is 58.5 Å². The molecular weight excluding hydrogens is 899 g/mol. The molecule has 0 fully saturated rings. The van der Waals surface area contributed by atoms with Gasteiger partial charge in [-0.3, -0.25) is 9.98 Å². The van der Waals surface area contributed by atoms with Gasteiger partial charge in [0.15, 0.2) is 0 Å². The molecule has 4 nitrogen and oxygen atoms in total. The van der Waals surface area contributed by atoms with Crippen molar-refractivity contribution in [3.63, 3.8) is 0 Å². The van der Waals surface area contributed by atoms with Crippen molar-refractivity contribution in [3.05, 3.63) is 81.9 Å². The maximum Gasteiger partial charge on any atom is 2.00 e. The van der Waals surface area contributed by atoms with E-state index in [4.69, 9.17) is 9.98 Å². The molecule has 0 aromatic heterocycles. The fraction of sp³-hybridized carbons (Fsp3) is 0.692. The molecule has 70 heavy (non-hydrogen) atoms. The molecule has 0 atom stereocenters. The predicted octanol–water partition coefficient (Wildman–Crippen LogP) is 20.0. The van der Waals surface area contributed by atoms with Gasteiger partial charge in [-0.15, -0.1) is 11.5 Å². The third-order valence-corrected chi connectivity index (χ3v) is 14.0. The Balaban J connectivity index is 0.00000179. The zero-order valence-electron chi connectivity index (χ0n) is 46.8. The molecule has 5 heteroatoms. The van der Waals surface area contributed by atoms with Crippen LogP contribution in [0.5, 0.6) is 11.5 Å². The number of hydrogen-bond donors (Lipinski definition) is 0. The van der Waals surface area contributed by atoms with E-state index in [2.05, 4.69) is 77.9 Å². The Morgan fingerprint density at radius 3 is 0.986 bits per heavy atom. The van der Waals surface area contributed by atoms with Crippen LogP contribution >= 0.6 is 0 Å². The number of unbranched alkanes of at least 4 members (excludes halogenated alkanes) is 24. The first-order chi connectivity index (χ1) is 33.7. The summed E-state index contributed by atoms with van der Waals surface area (Å²) >= 11 is 0. The Hall–Kier alpha value is -2.91. The van der Waals surface area contributed by atoms with E-state index in [1.165, 1.54) is 231 Å². The first-order valence-electron chi connectivity index (χ1n) is 29.6. The van der Waals surface area contributed by atoms with Gasteiger partial charge in [0, 0.05) is 0 Å². The van der Waals surface area contributed by atoms with E-state index in [0.717, 1.165) is 44.9 Å². The first-order valence-corrected chi connectivity index (χ1v) is 29.6. The van der Waals surface area contributed by atoms with Crippen LogP contribution in [-0.2, 0) is 48.6 Å². The third-order valence-electron chi connectivity index (χ3n) is 14.0. The van der Waals surface area contributed by atoms with Gasteiger partial charge in [0.25, 0.3) is 0 Å². The zero-order chi connectivity index (χ0) is 50.2. The molecule has 3 rings (SSSR count). The van der Waals surface area contributed by atoms with Gasteiger partial charge in [0.1, 0.15) is 0 Å². The molecule has 0 spiro atoms. The molecule has 0 unspecified atom stereocenters. The van der Waals surface area contributed by atoms with E-state index in [9.17, 15) is 10.2 Å². The van der Waals surface area contributed by atoms with Crippen molar-refractivity contribution in [2.75, 3.05) is 0 Å². The molecule has 0 aliphatic rings. The Morgan fingerprint density at radius 2 is 0.657 bits per heavy atom. The molecule has 0 amide bonds. The molecule has 0 N–H and O–H groups in total. The van der Waals surface area contributed by atoms with Gasteiger partial charge >= 0.3 is 16.5 Å². The van der Waals surface area contributed by atoms with Gasteiger partial charge in [0.05, 0.1) is 22.8 Å². The second kappa shape index (κ2) is 43.7. The molecule has 0 saturated carbocycles. The number of aliphatic imine (C=N–C) groups is 2. The molecular formula is C65H106N2NiO2. The van der Waals surface area contributed by atoms with Crippen LogP contribution < -0.4 is 10.2 Å². The van der Waals surface area contributed by atoms with Crippen molar-refractivity contribution in [2.24, 2.45) is 9.98 Å². The number of hydrogen-bond acceptors (Lipinski definition) is 4. The molecule has 3 aromatic carbocycles. The van der Waals surface area contributed by atoms with Crippen molar-refractivity contribution in [1.82, 2.24) is 0 Å². The monoisotopic (exact) mass is 1000 g/mol. The maximum atomic E-state index is 11.1. The molecule has 0 aliphatic heterocycles. The maximum absolute atomic E-state index is 11.1. The number of nitrogens with zero attached hydrogens (tertiary/aromatic N) is 2. The van der Waals surface area contributed by atoms with E-state index in [1.807, 2.05) is 6.92 Å². The Labute approximate surface area is 443 Å². The summed E-state index contributed by atoms with van der Waals surface area (Å²) in [5, 5.41) is 22.1. The molecule has 0 aliphatic carbocycles. The minimum Gasteiger partial charge on any atom is -0.873 e. The first kappa shape index (κ1) is 65.1. The summed E-state index contributed by atoms with van der Waals surface area (Å²) < 4.78 is 0. The third kappa shape index (κ3) is 30.2. The fourth-order valence-corrected chi connectivity index (χ4v) is 9.52. The number of aryl methyl sites for hydroxylation is 6. The molecule has 398 valence electrons. The normalized spacial score (nSPS) is 11.7. The summed E-state index contributed by atoms with van der Waals surface area (Å²) in [6.45, 7) is 17.4. The van der Waals surface area contributed by atoms with E-state index in [0.29, 0.717) is 17.5 Å². The van der Waals surface area contributed by atoms with Crippen molar-refractivity contribution >= 4 is 22.8 Å². The van der Waals surface area contributed by atoms with Gasteiger partial charge in [-0.25, -0.2) is 0 Å². The second-order valence-electron chi connectivity index (χ2n) is 20.7. The van der Waals surface area contributed by atoms with Crippen molar-refractivity contribution < 1.29 is 26.7 Å². The molecule has 3 aromatic rings. The molecule has 0 bridgehead atoms. The van der Waals surface area contributed by atoms with Gasteiger partial charge in [0.2, 0.25) is 0 Å². The minimum absolute atomic E-state index is 0. The van der Waals surface area contributed by atoms with Gasteiger partial charge < -0.3 is 10.2 Å². The summed E-state index contributed by atoms with van der Waals surface area (Å²) in [7, 11) is 0. The SMILES string of the molecule is CCCCCCCCCCCCCCCCCCC(=Nc1cc(CCCCC)cc(CCCCC)c1)C(CCCC)=Nc1cc(CCCCC)cc(CCCCC)c1.CCc1ccc(C)c([O-])c1[O-].[Ni+2]. The van der Waals surface area contributed by atoms with Crippen LogP contribution in [0.4, 0.5) is 11.4 Å². The number of rotatable bonds is 40.